The number of hydrogen-bond acceptors (Lipinski definition) is 6. The molecule has 2 amide bonds. The molecule has 26 heavy (non-hydrogen) atoms. The lowest BCUT2D eigenvalue weighted by Crippen LogP contribution is -2.53. The number of rotatable bonds is 8. The minimum atomic E-state index is -1.32. The number of para-hydroxylation sites is 1. The number of carbonyl (C=O) groups excluding carboxylic acids is 3. The molecule has 0 radical (unpaired) electrons. The summed E-state index contributed by atoms with van der Waals surface area (Å²) in [5, 5.41) is 12.8. The molecule has 2 rings (SSSR count). The van der Waals surface area contributed by atoms with Crippen LogP contribution in [0.1, 0.15) is 48.5 Å². The van der Waals surface area contributed by atoms with E-state index in [4.69, 9.17) is 15.1 Å². The summed E-state index contributed by atoms with van der Waals surface area (Å²) in [6.07, 6.45) is 1.83. The number of carbonyl (C=O) groups is 3. The topological polar surface area (TPSA) is 128 Å². The zero-order valence-corrected chi connectivity index (χ0v) is 14.7. The number of nitrogens with one attached hydrogen (secondary N) is 1. The van der Waals surface area contributed by atoms with E-state index >= 15 is 0 Å². The largest absolute Gasteiger partial charge is 0.547 e. The summed E-state index contributed by atoms with van der Waals surface area (Å²) in [7, 11) is -1.32. The van der Waals surface area contributed by atoms with E-state index in [0.29, 0.717) is 12.2 Å². The lowest BCUT2D eigenvalue weighted by molar-refractivity contribution is -0.125. The Balaban J connectivity index is 2.05. The fourth-order valence-corrected chi connectivity index (χ4v) is 2.61. The number of benzene rings is 1. The molecule has 0 bridgehead atoms. The van der Waals surface area contributed by atoms with Gasteiger partial charge in [0.05, 0.1) is 12.5 Å². The van der Waals surface area contributed by atoms with Crippen LogP contribution in [0, 0.1) is 0 Å². The van der Waals surface area contributed by atoms with Crippen molar-refractivity contribution in [3.8, 4) is 5.75 Å². The van der Waals surface area contributed by atoms with Crippen molar-refractivity contribution in [3.05, 3.63) is 29.3 Å². The molecule has 0 saturated carbocycles. The SMILES string of the molecule is CCCCOC(=O)c1cccc2c1OB(O)C(NC(=O)CCC(N)=O)C2. The minimum absolute atomic E-state index is 0.0603. The summed E-state index contributed by atoms with van der Waals surface area (Å²) in [5.41, 5.74) is 5.94. The maximum atomic E-state index is 12.2. The Morgan fingerprint density at radius 3 is 2.85 bits per heavy atom. The molecule has 1 aliphatic rings. The van der Waals surface area contributed by atoms with E-state index in [1.54, 1.807) is 18.2 Å². The molecule has 0 saturated heterocycles. The number of amides is 2. The van der Waals surface area contributed by atoms with Crippen LogP contribution in [0.5, 0.6) is 5.75 Å². The quantitative estimate of drug-likeness (QED) is 0.348. The Bertz CT molecular complexity index is 681. The van der Waals surface area contributed by atoms with Crippen LogP contribution in [0.15, 0.2) is 18.2 Å². The van der Waals surface area contributed by atoms with E-state index in [-0.39, 0.29) is 30.6 Å². The molecule has 1 aliphatic heterocycles. The van der Waals surface area contributed by atoms with Gasteiger partial charge in [-0.2, -0.15) is 0 Å². The molecule has 1 atom stereocenters. The van der Waals surface area contributed by atoms with Gasteiger partial charge in [0, 0.05) is 12.8 Å². The van der Waals surface area contributed by atoms with Crippen LogP contribution in [0.25, 0.3) is 0 Å². The maximum absolute atomic E-state index is 12.2. The van der Waals surface area contributed by atoms with Gasteiger partial charge in [0.2, 0.25) is 11.8 Å². The third kappa shape index (κ3) is 5.22. The Kier molecular flexibility index (Phi) is 7.02. The summed E-state index contributed by atoms with van der Waals surface area (Å²) in [6.45, 7) is 2.32. The van der Waals surface area contributed by atoms with Crippen LogP contribution in [-0.2, 0) is 20.7 Å². The van der Waals surface area contributed by atoms with Gasteiger partial charge in [-0.25, -0.2) is 4.79 Å². The van der Waals surface area contributed by atoms with Gasteiger partial charge in [-0.3, -0.25) is 9.59 Å². The van der Waals surface area contributed by atoms with Gasteiger partial charge >= 0.3 is 13.1 Å². The number of hydrogen-bond donors (Lipinski definition) is 3. The molecule has 1 aromatic carbocycles. The van der Waals surface area contributed by atoms with Crippen molar-refractivity contribution in [2.45, 2.75) is 45.0 Å². The standard InChI is InChI=1S/C17H23BN2O6/c1-2-3-9-25-17(23)12-6-4-5-11-10-13(18(24)26-16(11)12)20-15(22)8-7-14(19)21/h4-6,13,24H,2-3,7-10H2,1H3,(H2,19,21)(H,20,22). The predicted octanol–water partition coefficient (Wildman–Crippen LogP) is 0.348. The molecule has 1 aromatic rings. The first-order valence-corrected chi connectivity index (χ1v) is 8.63. The van der Waals surface area contributed by atoms with Crippen molar-refractivity contribution >= 4 is 24.9 Å². The number of ether oxygens (including phenoxy) is 1. The Hall–Kier alpha value is -2.55. The van der Waals surface area contributed by atoms with Crippen LogP contribution in [0.2, 0.25) is 0 Å². The maximum Gasteiger partial charge on any atom is 0.547 e. The van der Waals surface area contributed by atoms with E-state index in [9.17, 15) is 19.4 Å². The van der Waals surface area contributed by atoms with Crippen molar-refractivity contribution in [2.24, 2.45) is 5.73 Å². The van der Waals surface area contributed by atoms with Crippen molar-refractivity contribution in [2.75, 3.05) is 6.61 Å². The summed E-state index contributed by atoms with van der Waals surface area (Å²) in [6, 6.07) is 5.03. The highest BCUT2D eigenvalue weighted by Crippen LogP contribution is 2.30. The second-order valence-corrected chi connectivity index (χ2v) is 6.14. The Morgan fingerprint density at radius 1 is 1.38 bits per heavy atom. The molecular weight excluding hydrogens is 339 g/mol. The van der Waals surface area contributed by atoms with Gasteiger partial charge in [0.15, 0.2) is 0 Å². The lowest BCUT2D eigenvalue weighted by Gasteiger charge is -2.29. The van der Waals surface area contributed by atoms with Gasteiger partial charge in [0.25, 0.3) is 0 Å². The van der Waals surface area contributed by atoms with Crippen LogP contribution in [0.4, 0.5) is 0 Å². The molecule has 0 aromatic heterocycles. The monoisotopic (exact) mass is 362 g/mol. The average molecular weight is 362 g/mol. The summed E-state index contributed by atoms with van der Waals surface area (Å²) in [4.78, 5) is 34.8. The molecular formula is C17H23BN2O6. The smallest absolute Gasteiger partial charge is 0.534 e. The highest BCUT2D eigenvalue weighted by atomic mass is 16.5. The van der Waals surface area contributed by atoms with Gasteiger partial charge in [-0.1, -0.05) is 25.5 Å². The molecule has 0 fully saturated rings. The zero-order valence-electron chi connectivity index (χ0n) is 14.7. The molecule has 0 aliphatic carbocycles. The Morgan fingerprint density at radius 2 is 2.15 bits per heavy atom. The number of primary amides is 1. The van der Waals surface area contributed by atoms with E-state index in [0.717, 1.165) is 12.8 Å². The van der Waals surface area contributed by atoms with E-state index in [1.165, 1.54) is 0 Å². The van der Waals surface area contributed by atoms with Crippen LogP contribution >= 0.6 is 0 Å². The first-order valence-electron chi connectivity index (χ1n) is 8.63. The molecule has 4 N–H and O–H groups in total. The van der Waals surface area contributed by atoms with Gasteiger partial charge < -0.3 is 25.5 Å². The predicted molar refractivity (Wildman–Crippen MR) is 94.3 cm³/mol. The number of unbranched alkanes of at least 4 members (excludes halogenated alkanes) is 1. The zero-order chi connectivity index (χ0) is 19.1. The average Bonchev–Trinajstić information content (AvgIpc) is 2.60. The first-order chi connectivity index (χ1) is 12.4. The number of esters is 1. The van der Waals surface area contributed by atoms with E-state index in [2.05, 4.69) is 5.32 Å². The third-order valence-corrected chi connectivity index (χ3v) is 4.02. The fraction of sp³-hybridized carbons (Fsp3) is 0.471. The Labute approximate surface area is 152 Å². The minimum Gasteiger partial charge on any atom is -0.534 e. The van der Waals surface area contributed by atoms with E-state index < -0.39 is 30.8 Å². The van der Waals surface area contributed by atoms with Crippen molar-refractivity contribution in [3.63, 3.8) is 0 Å². The van der Waals surface area contributed by atoms with Crippen molar-refractivity contribution in [1.29, 1.82) is 0 Å². The second kappa shape index (κ2) is 9.24. The molecule has 140 valence electrons. The van der Waals surface area contributed by atoms with Crippen LogP contribution in [0.3, 0.4) is 0 Å². The summed E-state index contributed by atoms with van der Waals surface area (Å²) in [5.74, 6) is -1.91. The highest BCUT2D eigenvalue weighted by molar-refractivity contribution is 6.47. The summed E-state index contributed by atoms with van der Waals surface area (Å²) >= 11 is 0. The third-order valence-electron chi connectivity index (χ3n) is 4.02. The first kappa shape index (κ1) is 19.8. The molecule has 1 unspecified atom stereocenters. The van der Waals surface area contributed by atoms with Gasteiger partial charge in [-0.05, 0) is 24.5 Å². The van der Waals surface area contributed by atoms with E-state index in [1.807, 2.05) is 6.92 Å². The molecule has 0 spiro atoms. The normalized spacial score (nSPS) is 15.6. The van der Waals surface area contributed by atoms with Crippen LogP contribution < -0.4 is 15.7 Å². The molecule has 9 heteroatoms. The van der Waals surface area contributed by atoms with Gasteiger partial charge in [0.1, 0.15) is 11.3 Å². The molecule has 1 heterocycles. The summed E-state index contributed by atoms with van der Waals surface area (Å²) < 4.78 is 10.7. The van der Waals surface area contributed by atoms with Crippen molar-refractivity contribution < 1.29 is 28.8 Å². The number of nitrogens with two attached hydrogens (primary N) is 1. The van der Waals surface area contributed by atoms with Crippen molar-refractivity contribution in [1.82, 2.24) is 5.32 Å². The number of fused-ring (bicyclic) bond motifs is 1. The highest BCUT2D eigenvalue weighted by Gasteiger charge is 2.37. The molecule has 8 nitrogen and oxygen atoms in total. The second-order valence-electron chi connectivity index (χ2n) is 6.14. The fourth-order valence-electron chi connectivity index (χ4n) is 2.61. The van der Waals surface area contributed by atoms with Crippen LogP contribution in [-0.4, -0.2) is 42.5 Å². The lowest BCUT2D eigenvalue weighted by atomic mass is 9.72. The van der Waals surface area contributed by atoms with Gasteiger partial charge in [-0.15, -0.1) is 0 Å².